The molecule has 0 aromatic carbocycles. The quantitative estimate of drug-likeness (QED) is 0.0455. The number of ether oxygens (including phenoxy) is 8. The van der Waals surface area contributed by atoms with E-state index in [1.165, 1.54) is 0 Å². The molecule has 1 aliphatic rings. The van der Waals surface area contributed by atoms with Crippen molar-refractivity contribution in [3.63, 3.8) is 0 Å². The summed E-state index contributed by atoms with van der Waals surface area (Å²) < 4.78 is 43.3. The molecule has 0 radical (unpaired) electrons. The molecule has 1 aliphatic heterocycles. The molecule has 0 aromatic rings. The molecule has 2 atom stereocenters. The SMILES string of the molecule is C[C@@H]1NC(=O)N[C@@H]1CCCCCC(=O)NCCOCCOCCOCCOCCOCCOCCOCCOCCN=[N+]=N. The molecule has 0 aliphatic carbocycles. The van der Waals surface area contributed by atoms with Crippen LogP contribution in [-0.2, 0) is 42.7 Å². The lowest BCUT2D eigenvalue weighted by Gasteiger charge is -2.13. The van der Waals surface area contributed by atoms with E-state index in [0.717, 1.165) is 25.7 Å². The first-order chi connectivity index (χ1) is 21.6. The van der Waals surface area contributed by atoms with Crippen LogP contribution in [-0.4, -0.2) is 143 Å². The Balaban J connectivity index is 1.67. The van der Waals surface area contributed by atoms with E-state index in [1.54, 1.807) is 0 Å². The number of rotatable bonds is 33. The molecule has 1 saturated heterocycles. The molecule has 16 nitrogen and oxygen atoms in total. The van der Waals surface area contributed by atoms with Crippen molar-refractivity contribution in [2.75, 3.05) is 119 Å². The Morgan fingerprint density at radius 3 is 1.59 bits per heavy atom. The summed E-state index contributed by atoms with van der Waals surface area (Å²) in [6.45, 7) is 10.5. The van der Waals surface area contributed by atoms with E-state index >= 15 is 0 Å². The number of urea groups is 1. The van der Waals surface area contributed by atoms with Crippen molar-refractivity contribution in [1.29, 1.82) is 5.53 Å². The van der Waals surface area contributed by atoms with Gasteiger partial charge in [0.05, 0.1) is 112 Å². The number of unbranched alkanes of at least 4 members (excludes halogenated alkanes) is 2. The summed E-state index contributed by atoms with van der Waals surface area (Å²) in [5.41, 5.74) is 6.51. The molecule has 1 heterocycles. The fourth-order valence-electron chi connectivity index (χ4n) is 3.94. The van der Waals surface area contributed by atoms with Gasteiger partial charge in [-0.25, -0.2) is 4.79 Å². The van der Waals surface area contributed by atoms with Gasteiger partial charge in [0.2, 0.25) is 10.8 Å². The molecular weight excluding hydrogens is 580 g/mol. The average Bonchev–Trinajstić information content (AvgIpc) is 3.34. The van der Waals surface area contributed by atoms with E-state index < -0.39 is 0 Å². The maximum Gasteiger partial charge on any atom is 0.315 e. The van der Waals surface area contributed by atoms with Gasteiger partial charge in [0, 0.05) is 19.0 Å². The van der Waals surface area contributed by atoms with Crippen LogP contribution in [0.3, 0.4) is 0 Å². The third-order valence-electron chi connectivity index (χ3n) is 6.28. The first-order valence-electron chi connectivity index (χ1n) is 15.6. The van der Waals surface area contributed by atoms with Crippen molar-refractivity contribution >= 4 is 11.9 Å². The second-order valence-electron chi connectivity index (χ2n) is 9.83. The lowest BCUT2D eigenvalue weighted by atomic mass is 10.0. The molecule has 44 heavy (non-hydrogen) atoms. The van der Waals surface area contributed by atoms with Gasteiger partial charge in [0.1, 0.15) is 17.2 Å². The molecule has 0 saturated carbocycles. The van der Waals surface area contributed by atoms with Gasteiger partial charge in [0.15, 0.2) is 0 Å². The normalized spacial score (nSPS) is 16.0. The summed E-state index contributed by atoms with van der Waals surface area (Å²) in [6.07, 6.45) is 4.22. The van der Waals surface area contributed by atoms with E-state index in [-0.39, 0.29) is 24.0 Å². The Kier molecular flexibility index (Phi) is 27.8. The van der Waals surface area contributed by atoms with Crippen molar-refractivity contribution in [2.24, 2.45) is 5.11 Å². The van der Waals surface area contributed by atoms with Gasteiger partial charge in [-0.2, -0.15) is 0 Å². The molecule has 0 unspecified atom stereocenters. The van der Waals surface area contributed by atoms with Crippen molar-refractivity contribution in [2.45, 2.75) is 51.1 Å². The standard InChI is InChI=1S/C28H54N6O10/c1-25-26(33-28(36)32-25)5-3-2-4-6-27(35)30-7-9-37-11-13-39-15-17-41-19-21-43-23-24-44-22-20-42-18-16-40-14-12-38-10-8-31-34-29/h25-26,29H,2-24H2,1H3,(H2-,30,32,33,35,36)/p+1/t25-,26+/m0/s1. The second kappa shape index (κ2) is 30.7. The molecule has 16 heteroatoms. The van der Waals surface area contributed by atoms with E-state index in [9.17, 15) is 9.59 Å². The molecule has 0 aromatic heterocycles. The minimum absolute atomic E-state index is 0.0349. The highest BCUT2D eigenvalue weighted by atomic mass is 16.6. The van der Waals surface area contributed by atoms with Gasteiger partial charge in [-0.3, -0.25) is 4.79 Å². The summed E-state index contributed by atoms with van der Waals surface area (Å²) >= 11 is 0. The van der Waals surface area contributed by atoms with Crippen LogP contribution in [0.1, 0.15) is 39.0 Å². The summed E-state index contributed by atoms with van der Waals surface area (Å²) in [6, 6.07) is 0.245. The summed E-state index contributed by atoms with van der Waals surface area (Å²) in [7, 11) is 0. The van der Waals surface area contributed by atoms with Crippen molar-refractivity contribution < 1.29 is 47.5 Å². The molecule has 0 spiro atoms. The highest BCUT2D eigenvalue weighted by molar-refractivity contribution is 5.77. The predicted octanol–water partition coefficient (Wildman–Crippen LogP) is 0.806. The molecular formula is C28H55N6O10+. The predicted molar refractivity (Wildman–Crippen MR) is 160 cm³/mol. The topological polar surface area (TPSA) is 194 Å². The maximum absolute atomic E-state index is 11.9. The fraction of sp³-hybridized carbons (Fsp3) is 0.929. The summed E-state index contributed by atoms with van der Waals surface area (Å²) in [5, 5.41) is 12.1. The van der Waals surface area contributed by atoms with Crippen LogP contribution >= 0.6 is 0 Å². The number of nitrogens with one attached hydrogen (secondary N) is 4. The first kappa shape index (κ1) is 39.8. The van der Waals surface area contributed by atoms with E-state index in [2.05, 4.69) is 26.0 Å². The number of nitrogens with zero attached hydrogens (tertiary/aromatic N) is 2. The summed E-state index contributed by atoms with van der Waals surface area (Å²) in [5.74, 6) is 0.0349. The molecule has 256 valence electrons. The zero-order valence-corrected chi connectivity index (χ0v) is 26.4. The molecule has 1 fully saturated rings. The van der Waals surface area contributed by atoms with E-state index in [0.29, 0.717) is 125 Å². The third-order valence-corrected chi connectivity index (χ3v) is 6.28. The fourth-order valence-corrected chi connectivity index (χ4v) is 3.94. The zero-order valence-electron chi connectivity index (χ0n) is 26.4. The van der Waals surface area contributed by atoms with Crippen LogP contribution in [0, 0.1) is 5.53 Å². The van der Waals surface area contributed by atoms with Gasteiger partial charge in [-0.15, -0.1) is 0 Å². The van der Waals surface area contributed by atoms with Crippen LogP contribution in [0.5, 0.6) is 0 Å². The van der Waals surface area contributed by atoms with Crippen LogP contribution in [0.2, 0.25) is 0 Å². The lowest BCUT2D eigenvalue weighted by Crippen LogP contribution is -2.30. The Labute approximate surface area is 261 Å². The number of hydrogen-bond acceptors (Lipinski definition) is 12. The van der Waals surface area contributed by atoms with Crippen molar-refractivity contribution in [1.82, 2.24) is 20.9 Å². The van der Waals surface area contributed by atoms with Crippen LogP contribution in [0.25, 0.3) is 0 Å². The van der Waals surface area contributed by atoms with Gasteiger partial charge in [-0.1, -0.05) is 12.8 Å². The van der Waals surface area contributed by atoms with Crippen LogP contribution in [0.15, 0.2) is 5.11 Å². The van der Waals surface area contributed by atoms with Gasteiger partial charge >= 0.3 is 6.03 Å². The lowest BCUT2D eigenvalue weighted by molar-refractivity contribution is -0.121. The molecule has 1 rings (SSSR count). The van der Waals surface area contributed by atoms with Crippen LogP contribution < -0.4 is 20.9 Å². The number of amides is 3. The number of hydrogen-bond donors (Lipinski definition) is 4. The second-order valence-corrected chi connectivity index (χ2v) is 9.83. The summed E-state index contributed by atoms with van der Waals surface area (Å²) in [4.78, 5) is 26.1. The minimum atomic E-state index is -0.0957. The molecule has 0 bridgehead atoms. The number of carbonyl (C=O) groups is 2. The Morgan fingerprint density at radius 1 is 0.705 bits per heavy atom. The van der Waals surface area contributed by atoms with Gasteiger partial charge in [0.25, 0.3) is 0 Å². The largest absolute Gasteiger partial charge is 0.377 e. The highest BCUT2D eigenvalue weighted by Crippen LogP contribution is 2.11. The third kappa shape index (κ3) is 26.2. The van der Waals surface area contributed by atoms with Crippen LogP contribution in [0.4, 0.5) is 4.79 Å². The number of carbonyl (C=O) groups excluding carboxylic acids is 2. The highest BCUT2D eigenvalue weighted by Gasteiger charge is 2.26. The Hall–Kier alpha value is -2.27. The van der Waals surface area contributed by atoms with E-state index in [4.69, 9.17) is 43.4 Å². The minimum Gasteiger partial charge on any atom is -0.377 e. The molecule has 4 N–H and O–H groups in total. The Bertz CT molecular complexity index is 748. The zero-order chi connectivity index (χ0) is 31.8. The van der Waals surface area contributed by atoms with Crippen molar-refractivity contribution in [3.8, 4) is 0 Å². The van der Waals surface area contributed by atoms with E-state index in [1.807, 2.05) is 6.92 Å². The van der Waals surface area contributed by atoms with Gasteiger partial charge < -0.3 is 53.8 Å². The Morgan fingerprint density at radius 2 is 1.16 bits per heavy atom. The van der Waals surface area contributed by atoms with Crippen molar-refractivity contribution in [3.05, 3.63) is 0 Å². The smallest absolute Gasteiger partial charge is 0.315 e. The maximum atomic E-state index is 11.9. The average molecular weight is 636 g/mol. The molecule has 3 amide bonds. The monoisotopic (exact) mass is 635 g/mol. The first-order valence-corrected chi connectivity index (χ1v) is 15.6. The van der Waals surface area contributed by atoms with Gasteiger partial charge in [-0.05, 0) is 19.8 Å².